The molecule has 142 valence electrons. The van der Waals surface area contributed by atoms with E-state index in [0.717, 1.165) is 12.8 Å². The maximum absolute atomic E-state index is 11.5. The molecule has 0 aliphatic heterocycles. The zero-order valence-corrected chi connectivity index (χ0v) is 15.9. The van der Waals surface area contributed by atoms with Crippen LogP contribution in [0.15, 0.2) is 36.7 Å². The molecule has 1 fully saturated rings. The van der Waals surface area contributed by atoms with Crippen LogP contribution in [-0.4, -0.2) is 30.5 Å². The van der Waals surface area contributed by atoms with Gasteiger partial charge in [0, 0.05) is 18.4 Å². The van der Waals surface area contributed by atoms with Crippen LogP contribution in [-0.2, 0) is 0 Å². The van der Waals surface area contributed by atoms with E-state index < -0.39 is 4.92 Å². The average molecular weight is 389 g/mol. The van der Waals surface area contributed by atoms with Gasteiger partial charge in [-0.25, -0.2) is 9.97 Å². The zero-order chi connectivity index (χ0) is 18.3. The third kappa shape index (κ3) is 3.57. The Morgan fingerprint density at radius 1 is 1.19 bits per heavy atom. The number of rotatable bonds is 4. The maximum atomic E-state index is 11.5. The van der Waals surface area contributed by atoms with Gasteiger partial charge in [0.1, 0.15) is 11.5 Å². The number of nitrogens with one attached hydrogen (secondary N) is 1. The SMILES string of the molecule is Cc1nc(NC2CC3C=CC=CC3C2)nc(-n2ccnc2C)c1[N+](=O)[O-].Cl. The molecule has 27 heavy (non-hydrogen) atoms. The minimum atomic E-state index is -0.437. The number of halogens is 1. The molecule has 1 saturated carbocycles. The largest absolute Gasteiger partial charge is 0.351 e. The summed E-state index contributed by atoms with van der Waals surface area (Å²) in [6, 6.07) is 0.245. The average Bonchev–Trinajstić information content (AvgIpc) is 3.19. The molecule has 8 nitrogen and oxygen atoms in total. The van der Waals surface area contributed by atoms with E-state index in [1.807, 2.05) is 0 Å². The van der Waals surface area contributed by atoms with Gasteiger partial charge in [-0.05, 0) is 38.5 Å². The van der Waals surface area contributed by atoms with Crippen LogP contribution >= 0.6 is 12.4 Å². The highest BCUT2D eigenvalue weighted by Crippen LogP contribution is 2.37. The number of aromatic nitrogens is 4. The first kappa shape index (κ1) is 19.0. The van der Waals surface area contributed by atoms with E-state index >= 15 is 0 Å². The smallest absolute Gasteiger partial charge is 0.333 e. The van der Waals surface area contributed by atoms with Gasteiger partial charge in [0.15, 0.2) is 0 Å². The highest BCUT2D eigenvalue weighted by molar-refractivity contribution is 5.85. The molecule has 0 aromatic carbocycles. The fourth-order valence-corrected chi connectivity index (χ4v) is 3.86. The number of hydrogen-bond acceptors (Lipinski definition) is 6. The standard InChI is InChI=1S/C18H20N6O2.ClH/c1-11-16(24(25)26)17(23-8-7-19-12(23)2)22-18(20-11)21-15-9-13-5-3-4-6-14(13)10-15;/h3-8,13-15H,9-10H2,1-2H3,(H,20,21,22);1H. The van der Waals surface area contributed by atoms with Crippen molar-refractivity contribution < 1.29 is 4.92 Å². The molecule has 0 bridgehead atoms. The maximum Gasteiger partial charge on any atom is 0.333 e. The summed E-state index contributed by atoms with van der Waals surface area (Å²) in [5.41, 5.74) is 0.244. The van der Waals surface area contributed by atoms with E-state index in [4.69, 9.17) is 0 Å². The van der Waals surface area contributed by atoms with E-state index in [2.05, 4.69) is 44.6 Å². The Labute approximate surface area is 163 Å². The number of anilines is 1. The van der Waals surface area contributed by atoms with Crippen LogP contribution in [0.4, 0.5) is 11.6 Å². The van der Waals surface area contributed by atoms with Gasteiger partial charge >= 0.3 is 5.69 Å². The summed E-state index contributed by atoms with van der Waals surface area (Å²) in [6.45, 7) is 3.43. The number of nitro groups is 1. The fraction of sp³-hybridized carbons (Fsp3) is 0.389. The molecule has 1 N–H and O–H groups in total. The van der Waals surface area contributed by atoms with Crippen molar-refractivity contribution in [2.45, 2.75) is 32.7 Å². The minimum absolute atomic E-state index is 0. The van der Waals surface area contributed by atoms with E-state index in [0.29, 0.717) is 29.3 Å². The van der Waals surface area contributed by atoms with Crippen LogP contribution in [0.2, 0.25) is 0 Å². The van der Waals surface area contributed by atoms with Crippen LogP contribution in [0.25, 0.3) is 5.82 Å². The number of hydrogen-bond donors (Lipinski definition) is 1. The van der Waals surface area contributed by atoms with Crippen molar-refractivity contribution >= 4 is 24.0 Å². The second-order valence-electron chi connectivity index (χ2n) is 6.82. The van der Waals surface area contributed by atoms with E-state index in [1.54, 1.807) is 30.8 Å². The van der Waals surface area contributed by atoms with Crippen LogP contribution in [0, 0.1) is 35.8 Å². The van der Waals surface area contributed by atoms with Gasteiger partial charge in [0.25, 0.3) is 0 Å². The molecule has 2 aliphatic carbocycles. The van der Waals surface area contributed by atoms with Gasteiger partial charge in [-0.3, -0.25) is 14.7 Å². The molecule has 2 heterocycles. The number of allylic oxidation sites excluding steroid dienone is 4. The van der Waals surface area contributed by atoms with Crippen molar-refractivity contribution in [3.63, 3.8) is 0 Å². The predicted octanol–water partition coefficient (Wildman–Crippen LogP) is 3.54. The second kappa shape index (κ2) is 7.48. The number of imidazole rings is 1. The third-order valence-corrected chi connectivity index (χ3v) is 5.10. The zero-order valence-electron chi connectivity index (χ0n) is 15.1. The molecule has 2 atom stereocenters. The molecule has 4 rings (SSSR count). The Morgan fingerprint density at radius 2 is 1.85 bits per heavy atom. The monoisotopic (exact) mass is 388 g/mol. The van der Waals surface area contributed by atoms with E-state index in [-0.39, 0.29) is 30.0 Å². The Balaban J connectivity index is 0.00000210. The summed E-state index contributed by atoms with van der Waals surface area (Å²) in [7, 11) is 0. The first-order chi connectivity index (χ1) is 12.5. The van der Waals surface area contributed by atoms with Crippen LogP contribution in [0.1, 0.15) is 24.4 Å². The van der Waals surface area contributed by atoms with Crippen LogP contribution in [0.3, 0.4) is 0 Å². The molecule has 2 unspecified atom stereocenters. The number of nitrogens with zero attached hydrogens (tertiary/aromatic N) is 5. The topological polar surface area (TPSA) is 98.8 Å². The van der Waals surface area contributed by atoms with Crippen molar-refractivity contribution in [2.75, 3.05) is 5.32 Å². The first-order valence-electron chi connectivity index (χ1n) is 8.68. The predicted molar refractivity (Wildman–Crippen MR) is 104 cm³/mol. The van der Waals surface area contributed by atoms with Crippen molar-refractivity contribution in [3.05, 3.63) is 58.3 Å². The Kier molecular flexibility index (Phi) is 5.27. The molecule has 9 heteroatoms. The van der Waals surface area contributed by atoms with Crippen molar-refractivity contribution in [2.24, 2.45) is 11.8 Å². The Hall–Kier alpha value is -2.74. The van der Waals surface area contributed by atoms with Gasteiger partial charge in [-0.1, -0.05) is 24.3 Å². The Bertz CT molecular complexity index is 903. The van der Waals surface area contributed by atoms with Gasteiger partial charge < -0.3 is 5.32 Å². The van der Waals surface area contributed by atoms with Crippen LogP contribution < -0.4 is 5.32 Å². The Morgan fingerprint density at radius 3 is 2.41 bits per heavy atom. The summed E-state index contributed by atoms with van der Waals surface area (Å²) >= 11 is 0. The lowest BCUT2D eigenvalue weighted by Gasteiger charge is -2.14. The highest BCUT2D eigenvalue weighted by Gasteiger charge is 2.33. The van der Waals surface area contributed by atoms with Crippen molar-refractivity contribution in [3.8, 4) is 5.82 Å². The lowest BCUT2D eigenvalue weighted by molar-refractivity contribution is -0.385. The van der Waals surface area contributed by atoms with Gasteiger partial charge in [0.05, 0.1) is 4.92 Å². The molecule has 0 amide bonds. The minimum Gasteiger partial charge on any atom is -0.351 e. The number of aryl methyl sites for hydroxylation is 2. The molecule has 2 aromatic heterocycles. The van der Waals surface area contributed by atoms with E-state index in [1.165, 1.54) is 0 Å². The molecule has 2 aromatic rings. The lowest BCUT2D eigenvalue weighted by atomic mass is 9.92. The molecular formula is C18H21ClN6O2. The summed E-state index contributed by atoms with van der Waals surface area (Å²) in [5.74, 6) is 2.38. The molecular weight excluding hydrogens is 368 g/mol. The number of fused-ring (bicyclic) bond motifs is 1. The molecule has 0 saturated heterocycles. The van der Waals surface area contributed by atoms with E-state index in [9.17, 15) is 10.1 Å². The highest BCUT2D eigenvalue weighted by atomic mass is 35.5. The summed E-state index contributed by atoms with van der Waals surface area (Å²) in [4.78, 5) is 24.0. The first-order valence-corrected chi connectivity index (χ1v) is 8.68. The summed E-state index contributed by atoms with van der Waals surface area (Å²) < 4.78 is 1.62. The van der Waals surface area contributed by atoms with Crippen LogP contribution in [0.5, 0.6) is 0 Å². The third-order valence-electron chi connectivity index (χ3n) is 5.10. The second-order valence-corrected chi connectivity index (χ2v) is 6.82. The molecule has 0 spiro atoms. The van der Waals surface area contributed by atoms with Gasteiger partial charge in [0.2, 0.25) is 11.8 Å². The summed E-state index contributed by atoms with van der Waals surface area (Å²) in [5, 5.41) is 14.9. The van der Waals surface area contributed by atoms with Crippen molar-refractivity contribution in [1.82, 2.24) is 19.5 Å². The molecule has 2 aliphatic rings. The van der Waals surface area contributed by atoms with Gasteiger partial charge in [-0.2, -0.15) is 4.98 Å². The molecule has 0 radical (unpaired) electrons. The van der Waals surface area contributed by atoms with Gasteiger partial charge in [-0.15, -0.1) is 12.4 Å². The quantitative estimate of drug-likeness (QED) is 0.635. The normalized spacial score (nSPS) is 23.0. The van der Waals surface area contributed by atoms with Crippen molar-refractivity contribution in [1.29, 1.82) is 0 Å². The fourth-order valence-electron chi connectivity index (χ4n) is 3.86. The lowest BCUT2D eigenvalue weighted by Crippen LogP contribution is -2.19. The summed E-state index contributed by atoms with van der Waals surface area (Å²) in [6.07, 6.45) is 14.0.